The number of pyridine rings is 2. The molecule has 5 nitrogen and oxygen atoms in total. The Morgan fingerprint density at radius 2 is 2.00 bits per heavy atom. The molecule has 1 aliphatic rings. The Morgan fingerprint density at radius 3 is 2.73 bits per heavy atom. The van der Waals surface area contributed by atoms with Crippen molar-refractivity contribution in [2.75, 3.05) is 0 Å². The van der Waals surface area contributed by atoms with E-state index in [1.54, 1.807) is 18.3 Å². The molecule has 1 aliphatic carbocycles. The molecule has 0 aromatic carbocycles. The zero-order valence-corrected chi connectivity index (χ0v) is 13.9. The average molecular weight is 365 g/mol. The predicted octanol–water partition coefficient (Wildman–Crippen LogP) is 3.75. The Morgan fingerprint density at radius 1 is 1.23 bits per heavy atom. The molecule has 1 amide bonds. The number of nitrogens with zero attached hydrogens (tertiary/aromatic N) is 2. The van der Waals surface area contributed by atoms with Crippen LogP contribution in [0.4, 0.5) is 13.2 Å². The van der Waals surface area contributed by atoms with Gasteiger partial charge in [0, 0.05) is 31.2 Å². The van der Waals surface area contributed by atoms with Gasteiger partial charge in [0.25, 0.3) is 5.91 Å². The molecule has 1 fully saturated rings. The summed E-state index contributed by atoms with van der Waals surface area (Å²) in [4.78, 5) is 19.8. The highest BCUT2D eigenvalue weighted by Crippen LogP contribution is 2.31. The van der Waals surface area contributed by atoms with Crippen LogP contribution in [0.15, 0.2) is 36.8 Å². The second-order valence-electron chi connectivity index (χ2n) is 6.13. The second kappa shape index (κ2) is 7.72. The lowest BCUT2D eigenvalue weighted by molar-refractivity contribution is -0.138. The van der Waals surface area contributed by atoms with Crippen LogP contribution in [0, 0.1) is 0 Å². The normalized spacial score (nSPS) is 15.0. The third kappa shape index (κ3) is 4.50. The molecule has 2 aromatic heterocycles. The maximum atomic E-state index is 13.0. The van der Waals surface area contributed by atoms with E-state index in [2.05, 4.69) is 15.3 Å². The Kier molecular flexibility index (Phi) is 5.39. The maximum absolute atomic E-state index is 13.0. The van der Waals surface area contributed by atoms with Gasteiger partial charge in [-0.1, -0.05) is 0 Å². The molecule has 0 unspecified atom stereocenters. The average Bonchev–Trinajstić information content (AvgIpc) is 3.12. The number of aromatic nitrogens is 2. The lowest BCUT2D eigenvalue weighted by Crippen LogP contribution is -2.26. The molecule has 2 aromatic rings. The highest BCUT2D eigenvalue weighted by atomic mass is 19.4. The van der Waals surface area contributed by atoms with E-state index in [1.807, 2.05) is 0 Å². The number of ether oxygens (including phenoxy) is 1. The molecule has 138 valence electrons. The molecule has 8 heteroatoms. The van der Waals surface area contributed by atoms with Crippen LogP contribution in [0.2, 0.25) is 0 Å². The van der Waals surface area contributed by atoms with Crippen molar-refractivity contribution in [1.82, 2.24) is 15.3 Å². The molecule has 1 N–H and O–H groups in total. The molecule has 0 atom stereocenters. The fourth-order valence-corrected chi connectivity index (χ4v) is 2.90. The van der Waals surface area contributed by atoms with Gasteiger partial charge in [0.15, 0.2) is 0 Å². The SMILES string of the molecule is O=C(NCc1ccnc(OC2CCCC2)c1)c1ccncc1C(F)(F)F. The van der Waals surface area contributed by atoms with Crippen molar-refractivity contribution in [1.29, 1.82) is 0 Å². The monoisotopic (exact) mass is 365 g/mol. The molecule has 0 aliphatic heterocycles. The summed E-state index contributed by atoms with van der Waals surface area (Å²) in [7, 11) is 0. The Hall–Kier alpha value is -2.64. The van der Waals surface area contributed by atoms with Crippen LogP contribution < -0.4 is 10.1 Å². The van der Waals surface area contributed by atoms with Gasteiger partial charge in [0.2, 0.25) is 5.88 Å². The number of nitrogens with one attached hydrogen (secondary N) is 1. The highest BCUT2D eigenvalue weighted by Gasteiger charge is 2.35. The first-order valence-corrected chi connectivity index (χ1v) is 8.34. The number of alkyl halides is 3. The van der Waals surface area contributed by atoms with Gasteiger partial charge in [-0.2, -0.15) is 13.2 Å². The van der Waals surface area contributed by atoms with Crippen LogP contribution in [0.25, 0.3) is 0 Å². The van der Waals surface area contributed by atoms with E-state index in [0.29, 0.717) is 17.6 Å². The van der Waals surface area contributed by atoms with Gasteiger partial charge in [-0.25, -0.2) is 4.98 Å². The van der Waals surface area contributed by atoms with Crippen molar-refractivity contribution in [2.24, 2.45) is 0 Å². The molecule has 1 saturated carbocycles. The molecule has 0 radical (unpaired) electrons. The van der Waals surface area contributed by atoms with Gasteiger partial charge >= 0.3 is 6.18 Å². The zero-order chi connectivity index (χ0) is 18.6. The van der Waals surface area contributed by atoms with Gasteiger partial charge in [0.1, 0.15) is 6.10 Å². The van der Waals surface area contributed by atoms with Crippen molar-refractivity contribution >= 4 is 5.91 Å². The van der Waals surface area contributed by atoms with E-state index < -0.39 is 23.2 Å². The van der Waals surface area contributed by atoms with E-state index in [1.165, 1.54) is 0 Å². The first-order chi connectivity index (χ1) is 12.4. The molecular weight excluding hydrogens is 347 g/mol. The zero-order valence-electron chi connectivity index (χ0n) is 13.9. The minimum absolute atomic E-state index is 0.0714. The van der Waals surface area contributed by atoms with Gasteiger partial charge in [0.05, 0.1) is 11.1 Å². The van der Waals surface area contributed by atoms with Gasteiger partial charge in [-0.3, -0.25) is 9.78 Å². The molecule has 3 rings (SSSR count). The maximum Gasteiger partial charge on any atom is 0.418 e. The smallest absolute Gasteiger partial charge is 0.418 e. The fraction of sp³-hybridized carbons (Fsp3) is 0.389. The van der Waals surface area contributed by atoms with Crippen LogP contribution in [-0.2, 0) is 12.7 Å². The van der Waals surface area contributed by atoms with Crippen LogP contribution in [-0.4, -0.2) is 22.0 Å². The second-order valence-corrected chi connectivity index (χ2v) is 6.13. The number of carbonyl (C=O) groups is 1. The fourth-order valence-electron chi connectivity index (χ4n) is 2.90. The number of hydrogen-bond donors (Lipinski definition) is 1. The van der Waals surface area contributed by atoms with Crippen molar-refractivity contribution in [3.05, 3.63) is 53.5 Å². The lowest BCUT2D eigenvalue weighted by atomic mass is 10.1. The summed E-state index contributed by atoms with van der Waals surface area (Å²) in [6.07, 6.45) is 3.12. The number of rotatable bonds is 5. The summed E-state index contributed by atoms with van der Waals surface area (Å²) in [5.74, 6) is -0.349. The minimum atomic E-state index is -4.64. The summed E-state index contributed by atoms with van der Waals surface area (Å²) in [5, 5.41) is 2.50. The topological polar surface area (TPSA) is 64.1 Å². The van der Waals surface area contributed by atoms with Crippen LogP contribution in [0.1, 0.15) is 47.2 Å². The van der Waals surface area contributed by atoms with E-state index in [0.717, 1.165) is 37.9 Å². The van der Waals surface area contributed by atoms with Crippen LogP contribution in [0.5, 0.6) is 5.88 Å². The van der Waals surface area contributed by atoms with Crippen LogP contribution in [0.3, 0.4) is 0 Å². The molecule has 0 saturated heterocycles. The Labute approximate surface area is 148 Å². The van der Waals surface area contributed by atoms with Gasteiger partial charge < -0.3 is 10.1 Å². The third-order valence-electron chi connectivity index (χ3n) is 4.21. The summed E-state index contributed by atoms with van der Waals surface area (Å²) >= 11 is 0. The van der Waals surface area contributed by atoms with Crippen molar-refractivity contribution in [2.45, 2.75) is 44.5 Å². The predicted molar refractivity (Wildman–Crippen MR) is 87.5 cm³/mol. The van der Waals surface area contributed by atoms with Crippen molar-refractivity contribution in [3.8, 4) is 5.88 Å². The first-order valence-electron chi connectivity index (χ1n) is 8.34. The number of carbonyl (C=O) groups excluding carboxylic acids is 1. The summed E-state index contributed by atoms with van der Waals surface area (Å²) in [6.45, 7) is 0.0714. The third-order valence-corrected chi connectivity index (χ3v) is 4.21. The molecular formula is C18H18F3N3O2. The highest BCUT2D eigenvalue weighted by molar-refractivity contribution is 5.95. The minimum Gasteiger partial charge on any atom is -0.474 e. The van der Waals surface area contributed by atoms with Crippen molar-refractivity contribution in [3.63, 3.8) is 0 Å². The molecule has 0 spiro atoms. The molecule has 26 heavy (non-hydrogen) atoms. The molecule has 0 bridgehead atoms. The van der Waals surface area contributed by atoms with E-state index in [4.69, 9.17) is 4.74 Å². The molecule has 2 heterocycles. The van der Waals surface area contributed by atoms with Crippen LogP contribution >= 0.6 is 0 Å². The Balaban J connectivity index is 1.65. The van der Waals surface area contributed by atoms with E-state index >= 15 is 0 Å². The largest absolute Gasteiger partial charge is 0.474 e. The summed E-state index contributed by atoms with van der Waals surface area (Å²) in [5.41, 5.74) is -0.814. The van der Waals surface area contributed by atoms with E-state index in [9.17, 15) is 18.0 Å². The quantitative estimate of drug-likeness (QED) is 0.877. The van der Waals surface area contributed by atoms with Gasteiger partial charge in [-0.15, -0.1) is 0 Å². The summed E-state index contributed by atoms with van der Waals surface area (Å²) in [6, 6.07) is 4.42. The number of hydrogen-bond acceptors (Lipinski definition) is 4. The lowest BCUT2D eigenvalue weighted by Gasteiger charge is -2.14. The standard InChI is InChI=1S/C18H18F3N3O2/c19-18(20,21)15-11-22-7-6-14(15)17(25)24-10-12-5-8-23-16(9-12)26-13-3-1-2-4-13/h5-9,11,13H,1-4,10H2,(H,24,25). The van der Waals surface area contributed by atoms with E-state index in [-0.39, 0.29) is 12.6 Å². The van der Waals surface area contributed by atoms with Crippen molar-refractivity contribution < 1.29 is 22.7 Å². The number of amides is 1. The summed E-state index contributed by atoms with van der Waals surface area (Å²) < 4.78 is 44.7. The van der Waals surface area contributed by atoms with Gasteiger partial charge in [-0.05, 0) is 43.4 Å². The Bertz CT molecular complexity index is 774. The first kappa shape index (κ1) is 18.2. The number of halogens is 3.